The summed E-state index contributed by atoms with van der Waals surface area (Å²) in [5, 5.41) is 0. The third-order valence-electron chi connectivity index (χ3n) is 3.88. The van der Waals surface area contributed by atoms with Gasteiger partial charge in [-0.25, -0.2) is 4.79 Å². The lowest BCUT2D eigenvalue weighted by atomic mass is 9.72. The monoisotopic (exact) mass is 374 g/mol. The van der Waals surface area contributed by atoms with Crippen molar-refractivity contribution in [2.24, 2.45) is 0 Å². The quantitative estimate of drug-likeness (QED) is 0.317. The van der Waals surface area contributed by atoms with E-state index in [1.165, 1.54) is 0 Å². The normalized spacial score (nSPS) is 13.4. The van der Waals surface area contributed by atoms with Crippen molar-refractivity contribution < 1.29 is 35.7 Å². The van der Waals surface area contributed by atoms with Gasteiger partial charge in [-0.1, -0.05) is 29.6 Å². The number of ether oxygens (including phenoxy) is 1. The van der Waals surface area contributed by atoms with Crippen LogP contribution in [0.25, 0.3) is 0 Å². The van der Waals surface area contributed by atoms with Crippen molar-refractivity contribution in [2.75, 3.05) is 5.75 Å². The maximum Gasteiger partial charge on any atom is 0.426 e. The van der Waals surface area contributed by atoms with Gasteiger partial charge in [-0.05, 0) is 11.1 Å². The number of esters is 1. The molecule has 0 saturated heterocycles. The fourth-order valence-corrected chi connectivity index (χ4v) is 3.45. The van der Waals surface area contributed by atoms with E-state index in [9.17, 15) is 26.4 Å². The summed E-state index contributed by atoms with van der Waals surface area (Å²) in [6, 6.07) is 1.84. The van der Waals surface area contributed by atoms with Crippen LogP contribution in [0.3, 0.4) is 0 Å². The van der Waals surface area contributed by atoms with Crippen molar-refractivity contribution in [1.29, 1.82) is 0 Å². The second-order valence-electron chi connectivity index (χ2n) is 5.73. The Labute approximate surface area is 148 Å². The summed E-state index contributed by atoms with van der Waals surface area (Å²) < 4.78 is 73.8. The molecule has 0 aliphatic rings. The van der Waals surface area contributed by atoms with Gasteiger partial charge in [-0.3, -0.25) is 4.55 Å². The number of halogens is 3. The third kappa shape index (κ3) is 5.57. The van der Waals surface area contributed by atoms with Crippen LogP contribution in [0.5, 0.6) is 0 Å². The predicted molar refractivity (Wildman–Crippen MR) is 99.0 cm³/mol. The Bertz CT molecular complexity index is 739. The first-order valence-corrected chi connectivity index (χ1v) is 9.27. The summed E-state index contributed by atoms with van der Waals surface area (Å²) in [6.07, 6.45) is -7.26. The molecule has 0 aliphatic heterocycles. The highest BCUT2D eigenvalue weighted by Crippen LogP contribution is 2.26. The van der Waals surface area contributed by atoms with Crippen LogP contribution in [0, 0.1) is 0 Å². The van der Waals surface area contributed by atoms with E-state index in [0.717, 1.165) is 10.9 Å². The largest absolute Gasteiger partial charge is 0.448 e. The molecule has 0 bridgehead atoms. The first-order valence-electron chi connectivity index (χ1n) is 7.66. The van der Waals surface area contributed by atoms with Crippen molar-refractivity contribution in [2.45, 2.75) is 24.9 Å². The van der Waals surface area contributed by atoms with Crippen LogP contribution in [0.2, 0.25) is 0 Å². The zero-order valence-electron chi connectivity index (χ0n) is 14.4. The first kappa shape index (κ1) is 21.7. The highest BCUT2D eigenvalue weighted by Gasteiger charge is 2.46. The van der Waals surface area contributed by atoms with Crippen LogP contribution < -0.4 is 10.9 Å². The Morgan fingerprint density at radius 3 is 1.92 bits per heavy atom. The summed E-state index contributed by atoms with van der Waals surface area (Å²) in [5.41, 5.74) is 2.62. The molecule has 0 radical (unpaired) electrons. The summed E-state index contributed by atoms with van der Waals surface area (Å²) in [5.74, 6) is -2.98. The van der Waals surface area contributed by atoms with Gasteiger partial charge in [0.25, 0.3) is 10.1 Å². The fraction of sp³-hybridized carbons (Fsp3) is 0.417. The number of rotatable bonds is 6. The third-order valence-corrected chi connectivity index (χ3v) is 4.60. The van der Waals surface area contributed by atoms with Gasteiger partial charge in [0.2, 0.25) is 6.10 Å². The van der Waals surface area contributed by atoms with E-state index < -0.39 is 34.1 Å². The molecule has 134 valence electrons. The molecular formula is C12H17B4F3O5S. The van der Waals surface area contributed by atoms with E-state index >= 15 is 0 Å². The second-order valence-corrected chi connectivity index (χ2v) is 7.23. The van der Waals surface area contributed by atoms with Crippen LogP contribution in [0.15, 0.2) is 6.07 Å². The maximum absolute atomic E-state index is 13.0. The predicted octanol–water partition coefficient (Wildman–Crippen LogP) is -3.55. The van der Waals surface area contributed by atoms with Crippen molar-refractivity contribution in [3.63, 3.8) is 0 Å². The SMILES string of the molecule is BCc1c(B)cc(B)c(CB)c1C(=O)OC(CS(=O)(=O)O)C(F)(F)F. The molecule has 25 heavy (non-hydrogen) atoms. The Morgan fingerprint density at radius 2 is 1.60 bits per heavy atom. The molecule has 5 nitrogen and oxygen atoms in total. The lowest BCUT2D eigenvalue weighted by molar-refractivity contribution is -0.197. The number of carbonyl (C=O) groups excluding carboxylic acids is 1. The molecule has 1 N–H and O–H groups in total. The van der Waals surface area contributed by atoms with Gasteiger partial charge < -0.3 is 4.74 Å². The highest BCUT2D eigenvalue weighted by atomic mass is 32.2. The van der Waals surface area contributed by atoms with E-state index in [1.54, 1.807) is 31.4 Å². The molecule has 0 aliphatic carbocycles. The van der Waals surface area contributed by atoms with E-state index in [1.807, 2.05) is 6.07 Å². The standard InChI is InChI=1S/C12H17B4F3O5S/c13-2-5-7(15)1-8(16)6(3-14)10(5)11(20)24-9(12(17,18)19)4-25(21,22)23/h1,9H,2-4,13-16H2,(H,21,22,23). The Hall–Kier alpha value is -1.35. The molecule has 1 aromatic carbocycles. The molecule has 1 unspecified atom stereocenters. The molecule has 0 spiro atoms. The van der Waals surface area contributed by atoms with E-state index in [4.69, 9.17) is 4.55 Å². The van der Waals surface area contributed by atoms with Gasteiger partial charge in [0.05, 0.1) is 5.56 Å². The topological polar surface area (TPSA) is 80.7 Å². The lowest BCUT2D eigenvalue weighted by Crippen LogP contribution is -2.40. The van der Waals surface area contributed by atoms with Crippen molar-refractivity contribution >= 4 is 58.4 Å². The smallest absolute Gasteiger partial charge is 0.426 e. The van der Waals surface area contributed by atoms with Crippen molar-refractivity contribution in [1.82, 2.24) is 0 Å². The van der Waals surface area contributed by atoms with Gasteiger partial charge in [0, 0.05) is 0 Å². The Kier molecular flexibility index (Phi) is 6.86. The average Bonchev–Trinajstić information content (AvgIpc) is 2.43. The first-order chi connectivity index (χ1) is 11.3. The van der Waals surface area contributed by atoms with Crippen LogP contribution in [0.1, 0.15) is 21.5 Å². The van der Waals surface area contributed by atoms with Gasteiger partial charge >= 0.3 is 12.1 Å². The number of alkyl halides is 3. The molecule has 0 saturated carbocycles. The summed E-state index contributed by atoms with van der Waals surface area (Å²) in [6.45, 7) is 0. The van der Waals surface area contributed by atoms with Crippen LogP contribution in [-0.4, -0.2) is 68.4 Å². The van der Waals surface area contributed by atoms with Gasteiger partial charge in [-0.15, -0.1) is 0 Å². The van der Waals surface area contributed by atoms with E-state index in [2.05, 4.69) is 4.74 Å². The Balaban J connectivity index is 3.39. The van der Waals surface area contributed by atoms with Gasteiger partial charge in [0.1, 0.15) is 37.1 Å². The van der Waals surface area contributed by atoms with E-state index in [0.29, 0.717) is 23.8 Å². The molecular weight excluding hydrogens is 356 g/mol. The average molecular weight is 374 g/mol. The highest BCUT2D eigenvalue weighted by molar-refractivity contribution is 7.85. The zero-order chi connectivity index (χ0) is 19.6. The summed E-state index contributed by atoms with van der Waals surface area (Å²) in [7, 11) is 2.01. The van der Waals surface area contributed by atoms with Gasteiger partial charge in [-0.2, -0.15) is 21.6 Å². The van der Waals surface area contributed by atoms with E-state index in [-0.39, 0.29) is 5.56 Å². The zero-order valence-corrected chi connectivity index (χ0v) is 15.2. The minimum absolute atomic E-state index is 0.0343. The van der Waals surface area contributed by atoms with Crippen LogP contribution in [-0.2, 0) is 27.5 Å². The van der Waals surface area contributed by atoms with Crippen LogP contribution >= 0.6 is 0 Å². The molecule has 1 atom stereocenters. The van der Waals surface area contributed by atoms with Crippen molar-refractivity contribution in [3.8, 4) is 0 Å². The number of benzene rings is 1. The molecule has 0 heterocycles. The minimum atomic E-state index is -5.12. The maximum atomic E-state index is 13.0. The number of carbonyl (C=O) groups is 1. The van der Waals surface area contributed by atoms with Gasteiger partial charge in [0.15, 0.2) is 0 Å². The lowest BCUT2D eigenvalue weighted by Gasteiger charge is -2.23. The van der Waals surface area contributed by atoms with Crippen LogP contribution in [0.4, 0.5) is 13.2 Å². The molecule has 0 amide bonds. The minimum Gasteiger partial charge on any atom is -0.448 e. The summed E-state index contributed by atoms with van der Waals surface area (Å²) >= 11 is 0. The second kappa shape index (κ2) is 7.90. The summed E-state index contributed by atoms with van der Waals surface area (Å²) in [4.78, 5) is 12.5. The molecule has 1 aromatic rings. The number of hydrogen-bond acceptors (Lipinski definition) is 4. The molecule has 13 heteroatoms. The molecule has 0 fully saturated rings. The number of hydrogen-bond donors (Lipinski definition) is 1. The Morgan fingerprint density at radius 1 is 1.16 bits per heavy atom. The molecule has 1 rings (SSSR count). The van der Waals surface area contributed by atoms with Crippen molar-refractivity contribution in [3.05, 3.63) is 22.8 Å². The fourth-order valence-electron chi connectivity index (χ4n) is 2.81. The molecule has 0 aromatic heterocycles.